The molecule has 2 saturated heterocycles. The van der Waals surface area contributed by atoms with Crippen LogP contribution >= 0.6 is 0 Å². The Bertz CT molecular complexity index is 862. The van der Waals surface area contributed by atoms with E-state index in [0.29, 0.717) is 23.7 Å². The highest BCUT2D eigenvalue weighted by molar-refractivity contribution is 6.23. The Morgan fingerprint density at radius 2 is 1.90 bits per heavy atom. The summed E-state index contributed by atoms with van der Waals surface area (Å²) in [5, 5.41) is 5.65. The van der Waals surface area contributed by atoms with Gasteiger partial charge in [0.1, 0.15) is 6.04 Å². The Kier molecular flexibility index (Phi) is 5.47. The average Bonchev–Trinajstić information content (AvgIpc) is 2.97. The lowest BCUT2D eigenvalue weighted by Gasteiger charge is -2.34. The Labute approximate surface area is 169 Å². The first kappa shape index (κ1) is 19.7. The van der Waals surface area contributed by atoms with E-state index in [2.05, 4.69) is 22.5 Å². The van der Waals surface area contributed by atoms with Crippen molar-refractivity contribution in [2.24, 2.45) is 0 Å². The molecule has 2 atom stereocenters. The van der Waals surface area contributed by atoms with Crippen LogP contribution in [0.4, 0.5) is 0 Å². The Morgan fingerprint density at radius 1 is 1.10 bits per heavy atom. The molecular formula is C21H26N4O4. The van der Waals surface area contributed by atoms with Crippen molar-refractivity contribution in [1.82, 2.24) is 20.4 Å². The van der Waals surface area contributed by atoms with Gasteiger partial charge in [0.25, 0.3) is 11.8 Å². The van der Waals surface area contributed by atoms with Gasteiger partial charge < -0.3 is 5.32 Å². The van der Waals surface area contributed by atoms with E-state index >= 15 is 0 Å². The van der Waals surface area contributed by atoms with Crippen LogP contribution in [0.5, 0.6) is 0 Å². The number of amides is 4. The molecule has 1 aromatic carbocycles. The molecule has 0 spiro atoms. The fourth-order valence-corrected chi connectivity index (χ4v) is 4.50. The highest BCUT2D eigenvalue weighted by Crippen LogP contribution is 2.29. The van der Waals surface area contributed by atoms with Crippen LogP contribution in [0.2, 0.25) is 0 Å². The summed E-state index contributed by atoms with van der Waals surface area (Å²) in [6.07, 6.45) is 2.59. The second-order valence-electron chi connectivity index (χ2n) is 7.89. The lowest BCUT2D eigenvalue weighted by molar-refractivity contribution is -0.136. The second kappa shape index (κ2) is 8.04. The molecule has 4 amide bonds. The number of nitrogens with one attached hydrogen (secondary N) is 2. The van der Waals surface area contributed by atoms with Crippen LogP contribution in [-0.2, 0) is 16.1 Å². The highest BCUT2D eigenvalue weighted by atomic mass is 16.2. The number of piperidine rings is 2. The monoisotopic (exact) mass is 398 g/mol. The van der Waals surface area contributed by atoms with E-state index in [9.17, 15) is 19.2 Å². The quantitative estimate of drug-likeness (QED) is 0.707. The normalized spacial score (nSPS) is 24.8. The first-order valence-corrected chi connectivity index (χ1v) is 10.3. The number of hydrogen-bond acceptors (Lipinski definition) is 6. The second-order valence-corrected chi connectivity index (χ2v) is 7.89. The third kappa shape index (κ3) is 3.70. The summed E-state index contributed by atoms with van der Waals surface area (Å²) in [4.78, 5) is 52.7. The van der Waals surface area contributed by atoms with E-state index in [1.807, 2.05) is 6.07 Å². The number of rotatable bonds is 5. The predicted octanol–water partition coefficient (Wildman–Crippen LogP) is 0.662. The molecule has 3 aliphatic heterocycles. The average molecular weight is 398 g/mol. The van der Waals surface area contributed by atoms with Gasteiger partial charge in [0.15, 0.2) is 0 Å². The maximum atomic E-state index is 13.0. The summed E-state index contributed by atoms with van der Waals surface area (Å²) < 4.78 is 0. The number of carbonyl (C=O) groups excluding carboxylic acids is 4. The smallest absolute Gasteiger partial charge is 0.262 e. The van der Waals surface area contributed by atoms with Gasteiger partial charge >= 0.3 is 0 Å². The summed E-state index contributed by atoms with van der Waals surface area (Å²) in [7, 11) is 0. The molecule has 3 aliphatic rings. The molecule has 29 heavy (non-hydrogen) atoms. The van der Waals surface area contributed by atoms with Gasteiger partial charge in [-0.25, -0.2) is 0 Å². The van der Waals surface area contributed by atoms with Gasteiger partial charge in [-0.3, -0.25) is 34.3 Å². The third-order valence-electron chi connectivity index (χ3n) is 6.08. The molecule has 0 saturated carbocycles. The minimum atomic E-state index is -0.927. The van der Waals surface area contributed by atoms with Crippen LogP contribution in [-0.4, -0.2) is 65.1 Å². The van der Waals surface area contributed by atoms with Crippen LogP contribution in [0.25, 0.3) is 0 Å². The summed E-state index contributed by atoms with van der Waals surface area (Å²) in [5.74, 6) is -1.88. The zero-order chi connectivity index (χ0) is 20.5. The summed E-state index contributed by atoms with van der Waals surface area (Å²) in [6, 6.07) is 4.88. The van der Waals surface area contributed by atoms with Crippen molar-refractivity contribution in [3.63, 3.8) is 0 Å². The van der Waals surface area contributed by atoms with Crippen LogP contribution in [0.15, 0.2) is 18.2 Å². The molecule has 0 aliphatic carbocycles. The van der Waals surface area contributed by atoms with Crippen LogP contribution in [0.1, 0.15) is 58.9 Å². The molecule has 0 bridgehead atoms. The number of likely N-dealkylation sites (N-methyl/N-ethyl adjacent to an activating group) is 1. The van der Waals surface area contributed by atoms with Crippen molar-refractivity contribution in [3.8, 4) is 0 Å². The number of fused-ring (bicyclic) bond motifs is 1. The van der Waals surface area contributed by atoms with Crippen LogP contribution in [0.3, 0.4) is 0 Å². The molecule has 154 valence electrons. The molecule has 8 nitrogen and oxygen atoms in total. The molecule has 0 radical (unpaired) electrons. The lowest BCUT2D eigenvalue weighted by Crippen LogP contribution is -2.54. The van der Waals surface area contributed by atoms with Crippen molar-refractivity contribution in [2.45, 2.75) is 51.2 Å². The van der Waals surface area contributed by atoms with Crippen LogP contribution < -0.4 is 10.6 Å². The topological polar surface area (TPSA) is 98.8 Å². The van der Waals surface area contributed by atoms with Crippen LogP contribution in [0, 0.1) is 0 Å². The molecule has 1 aromatic rings. The first-order valence-electron chi connectivity index (χ1n) is 10.3. The van der Waals surface area contributed by atoms with Gasteiger partial charge in [-0.15, -0.1) is 0 Å². The number of carbonyl (C=O) groups is 4. The molecule has 3 heterocycles. The van der Waals surface area contributed by atoms with Crippen molar-refractivity contribution in [3.05, 3.63) is 34.9 Å². The molecule has 2 N–H and O–H groups in total. The van der Waals surface area contributed by atoms with E-state index in [1.165, 1.54) is 0 Å². The Hall–Kier alpha value is -2.58. The van der Waals surface area contributed by atoms with Crippen molar-refractivity contribution >= 4 is 23.6 Å². The van der Waals surface area contributed by atoms with Gasteiger partial charge in [-0.05, 0) is 50.0 Å². The van der Waals surface area contributed by atoms with E-state index in [4.69, 9.17) is 0 Å². The van der Waals surface area contributed by atoms with Gasteiger partial charge in [0, 0.05) is 25.6 Å². The Balaban J connectivity index is 1.53. The fourth-order valence-electron chi connectivity index (χ4n) is 4.50. The van der Waals surface area contributed by atoms with E-state index < -0.39 is 23.8 Å². The number of nitrogens with zero attached hydrogens (tertiary/aromatic N) is 2. The maximum absolute atomic E-state index is 13.0. The summed E-state index contributed by atoms with van der Waals surface area (Å²) in [5.41, 5.74) is 1.64. The number of imide groups is 2. The summed E-state index contributed by atoms with van der Waals surface area (Å²) >= 11 is 0. The maximum Gasteiger partial charge on any atom is 0.262 e. The molecule has 0 aromatic heterocycles. The van der Waals surface area contributed by atoms with Gasteiger partial charge in [0.2, 0.25) is 11.8 Å². The van der Waals surface area contributed by atoms with Crippen molar-refractivity contribution in [2.75, 3.05) is 19.6 Å². The Morgan fingerprint density at radius 3 is 2.59 bits per heavy atom. The number of hydrogen-bond donors (Lipinski definition) is 2. The largest absolute Gasteiger partial charge is 0.315 e. The van der Waals surface area contributed by atoms with E-state index in [1.54, 1.807) is 12.1 Å². The zero-order valence-corrected chi connectivity index (χ0v) is 16.6. The number of benzene rings is 1. The molecule has 4 rings (SSSR count). The fraction of sp³-hybridized carbons (Fsp3) is 0.524. The minimum Gasteiger partial charge on any atom is -0.315 e. The SMILES string of the molecule is CCN(Cc1ccc2c(c1)C(=O)N(C1CCC(=O)NC1=O)C2=O)C1CCCNC1. The standard InChI is InChI=1S/C21H26N4O4/c1-2-24(14-4-3-9-22-11-14)12-13-5-6-15-16(10-13)21(29)25(20(15)28)17-7-8-18(26)23-19(17)27/h5-6,10,14,17,22H,2-4,7-9,11-12H2,1H3,(H,23,26,27). The third-order valence-corrected chi connectivity index (χ3v) is 6.08. The van der Waals surface area contributed by atoms with Gasteiger partial charge in [-0.1, -0.05) is 13.0 Å². The lowest BCUT2D eigenvalue weighted by atomic mass is 10.0. The van der Waals surface area contributed by atoms with Gasteiger partial charge in [-0.2, -0.15) is 0 Å². The highest BCUT2D eigenvalue weighted by Gasteiger charge is 2.44. The van der Waals surface area contributed by atoms with Crippen molar-refractivity contribution in [1.29, 1.82) is 0 Å². The molecular weight excluding hydrogens is 372 g/mol. The van der Waals surface area contributed by atoms with E-state index in [-0.39, 0.29) is 18.7 Å². The molecule has 8 heteroatoms. The van der Waals surface area contributed by atoms with Gasteiger partial charge in [0.05, 0.1) is 11.1 Å². The molecule has 2 fully saturated rings. The predicted molar refractivity (Wildman–Crippen MR) is 105 cm³/mol. The molecule has 2 unspecified atom stereocenters. The van der Waals surface area contributed by atoms with E-state index in [0.717, 1.165) is 42.9 Å². The first-order chi connectivity index (χ1) is 14.0. The van der Waals surface area contributed by atoms with Crippen molar-refractivity contribution < 1.29 is 19.2 Å². The zero-order valence-electron chi connectivity index (χ0n) is 16.6. The minimum absolute atomic E-state index is 0.121. The summed E-state index contributed by atoms with van der Waals surface area (Å²) in [6.45, 7) is 5.75.